The van der Waals surface area contributed by atoms with E-state index in [0.29, 0.717) is 13.1 Å². The first kappa shape index (κ1) is 16.7. The fourth-order valence-corrected chi connectivity index (χ4v) is 5.12. The number of sulfonamides is 1. The van der Waals surface area contributed by atoms with Crippen LogP contribution in [0.5, 0.6) is 0 Å². The lowest BCUT2D eigenvalue weighted by Gasteiger charge is -2.26. The molecule has 1 heterocycles. The third kappa shape index (κ3) is 2.96. The lowest BCUT2D eigenvalue weighted by atomic mass is 9.82. The van der Waals surface area contributed by atoms with Gasteiger partial charge in [-0.2, -0.15) is 4.31 Å². The van der Waals surface area contributed by atoms with Crippen LogP contribution in [0.25, 0.3) is 0 Å². The second kappa shape index (κ2) is 5.85. The van der Waals surface area contributed by atoms with E-state index < -0.39 is 15.8 Å². The normalized spacial score (nSPS) is 19.0. The van der Waals surface area contributed by atoms with Crippen molar-refractivity contribution in [1.29, 1.82) is 0 Å². The van der Waals surface area contributed by atoms with Gasteiger partial charge in [-0.05, 0) is 52.7 Å². The molecule has 1 aliphatic heterocycles. The zero-order valence-corrected chi connectivity index (χ0v) is 14.6. The van der Waals surface area contributed by atoms with Crippen molar-refractivity contribution in [3.05, 3.63) is 22.4 Å². The highest BCUT2D eigenvalue weighted by molar-refractivity contribution is 9.10. The summed E-state index contributed by atoms with van der Waals surface area (Å²) in [6.45, 7) is 5.00. The molecule has 0 bridgehead atoms. The summed E-state index contributed by atoms with van der Waals surface area (Å²) in [4.78, 5) is -0.350. The van der Waals surface area contributed by atoms with Gasteiger partial charge in [-0.1, -0.05) is 13.8 Å². The molecule has 1 saturated heterocycles. The molecule has 0 aromatic heterocycles. The minimum atomic E-state index is -3.86. The number of nitrogen functional groups attached to an aromatic ring is 1. The molecule has 0 aliphatic carbocycles. The smallest absolute Gasteiger partial charge is 0.246 e. The van der Waals surface area contributed by atoms with Crippen LogP contribution in [0.1, 0.15) is 33.1 Å². The van der Waals surface area contributed by atoms with Crippen LogP contribution in [0.15, 0.2) is 21.5 Å². The molecule has 2 rings (SSSR count). The quantitative estimate of drug-likeness (QED) is 0.816. The van der Waals surface area contributed by atoms with Crippen LogP contribution in [-0.4, -0.2) is 25.8 Å². The van der Waals surface area contributed by atoms with Gasteiger partial charge < -0.3 is 5.73 Å². The van der Waals surface area contributed by atoms with E-state index in [9.17, 15) is 12.8 Å². The zero-order valence-electron chi connectivity index (χ0n) is 12.2. The van der Waals surface area contributed by atoms with Crippen molar-refractivity contribution in [3.63, 3.8) is 0 Å². The topological polar surface area (TPSA) is 63.4 Å². The lowest BCUT2D eigenvalue weighted by molar-refractivity contribution is 0.279. The van der Waals surface area contributed by atoms with E-state index >= 15 is 0 Å². The van der Waals surface area contributed by atoms with Gasteiger partial charge in [-0.15, -0.1) is 0 Å². The van der Waals surface area contributed by atoms with Crippen molar-refractivity contribution in [3.8, 4) is 0 Å². The molecule has 21 heavy (non-hydrogen) atoms. The van der Waals surface area contributed by atoms with Crippen LogP contribution in [0.4, 0.5) is 10.1 Å². The van der Waals surface area contributed by atoms with Gasteiger partial charge in [0.2, 0.25) is 10.0 Å². The van der Waals surface area contributed by atoms with Crippen molar-refractivity contribution in [2.45, 2.75) is 38.0 Å². The van der Waals surface area contributed by atoms with Crippen molar-refractivity contribution in [2.24, 2.45) is 5.41 Å². The number of nitrogens with two attached hydrogens (primary N) is 1. The largest absolute Gasteiger partial charge is 0.399 e. The molecule has 7 heteroatoms. The van der Waals surface area contributed by atoms with Crippen LogP contribution < -0.4 is 5.73 Å². The van der Waals surface area contributed by atoms with Crippen LogP contribution >= 0.6 is 15.9 Å². The molecule has 0 unspecified atom stereocenters. The molecule has 1 fully saturated rings. The molecular weight excluding hydrogens is 359 g/mol. The first-order valence-corrected chi connectivity index (χ1v) is 9.24. The maximum atomic E-state index is 14.2. The molecule has 4 nitrogen and oxygen atoms in total. The average molecular weight is 379 g/mol. The molecule has 1 aromatic carbocycles. The highest BCUT2D eigenvalue weighted by Crippen LogP contribution is 2.40. The first-order valence-electron chi connectivity index (χ1n) is 7.00. The van der Waals surface area contributed by atoms with Gasteiger partial charge in [0.25, 0.3) is 0 Å². The predicted octanol–water partition coefficient (Wildman–Crippen LogP) is 3.37. The van der Waals surface area contributed by atoms with Crippen molar-refractivity contribution >= 4 is 31.6 Å². The van der Waals surface area contributed by atoms with E-state index in [1.54, 1.807) is 0 Å². The summed E-state index contributed by atoms with van der Waals surface area (Å²) in [5.41, 5.74) is 5.87. The Hall–Kier alpha value is -0.660. The molecule has 1 aromatic rings. The summed E-state index contributed by atoms with van der Waals surface area (Å²) in [5.74, 6) is -0.783. The van der Waals surface area contributed by atoms with Gasteiger partial charge >= 0.3 is 0 Å². The Bertz CT molecular complexity index is 645. The fourth-order valence-electron chi connectivity index (χ4n) is 2.84. The van der Waals surface area contributed by atoms with E-state index in [1.165, 1.54) is 16.4 Å². The minimum Gasteiger partial charge on any atom is -0.399 e. The van der Waals surface area contributed by atoms with Gasteiger partial charge in [0.1, 0.15) is 4.90 Å². The number of rotatable bonds is 4. The monoisotopic (exact) mass is 378 g/mol. The summed E-state index contributed by atoms with van der Waals surface area (Å²) < 4.78 is 41.0. The summed E-state index contributed by atoms with van der Waals surface area (Å²) in [6, 6.07) is 2.55. The van der Waals surface area contributed by atoms with Gasteiger partial charge in [-0.25, -0.2) is 12.8 Å². The Morgan fingerprint density at radius 1 is 1.38 bits per heavy atom. The second-order valence-corrected chi connectivity index (χ2v) is 8.37. The van der Waals surface area contributed by atoms with Crippen LogP contribution in [0, 0.1) is 11.2 Å². The van der Waals surface area contributed by atoms with Crippen molar-refractivity contribution in [1.82, 2.24) is 4.31 Å². The SMILES string of the molecule is CCC1(CC)CCN(S(=O)(=O)c2cc(N)cc(Br)c2F)C1. The van der Waals surface area contributed by atoms with E-state index in [1.807, 2.05) is 0 Å². The molecule has 0 radical (unpaired) electrons. The van der Waals surface area contributed by atoms with Crippen LogP contribution in [-0.2, 0) is 10.0 Å². The van der Waals surface area contributed by atoms with Crippen LogP contribution in [0.3, 0.4) is 0 Å². The van der Waals surface area contributed by atoms with E-state index in [2.05, 4.69) is 29.8 Å². The van der Waals surface area contributed by atoms with Crippen LogP contribution in [0.2, 0.25) is 0 Å². The Labute approximate surface area is 133 Å². The Morgan fingerprint density at radius 3 is 2.52 bits per heavy atom. The summed E-state index contributed by atoms with van der Waals surface area (Å²) in [7, 11) is -3.86. The average Bonchev–Trinajstić information content (AvgIpc) is 2.88. The molecule has 0 amide bonds. The minimum absolute atomic E-state index is 0.00109. The van der Waals surface area contributed by atoms with Gasteiger partial charge in [0.05, 0.1) is 4.47 Å². The first-order chi connectivity index (χ1) is 9.75. The molecule has 0 spiro atoms. The number of nitrogens with zero attached hydrogens (tertiary/aromatic N) is 1. The number of hydrogen-bond donors (Lipinski definition) is 1. The molecule has 0 saturated carbocycles. The Morgan fingerprint density at radius 2 is 2.00 bits per heavy atom. The number of anilines is 1. The summed E-state index contributed by atoms with van der Waals surface area (Å²) >= 11 is 3.01. The molecule has 1 aliphatic rings. The number of halogens is 2. The highest BCUT2D eigenvalue weighted by atomic mass is 79.9. The van der Waals surface area contributed by atoms with E-state index in [-0.39, 0.29) is 20.5 Å². The number of benzene rings is 1. The van der Waals surface area contributed by atoms with E-state index in [0.717, 1.165) is 19.3 Å². The molecular formula is C14H20BrFN2O2S. The fraction of sp³-hybridized carbons (Fsp3) is 0.571. The zero-order chi connectivity index (χ0) is 15.8. The summed E-state index contributed by atoms with van der Waals surface area (Å²) in [5, 5.41) is 0. The Balaban J connectivity index is 2.41. The van der Waals surface area contributed by atoms with Gasteiger partial charge in [-0.3, -0.25) is 0 Å². The van der Waals surface area contributed by atoms with Gasteiger partial charge in [0.15, 0.2) is 5.82 Å². The maximum absolute atomic E-state index is 14.2. The van der Waals surface area contributed by atoms with E-state index in [4.69, 9.17) is 5.73 Å². The third-order valence-corrected chi connectivity index (χ3v) is 6.96. The third-order valence-electron chi connectivity index (χ3n) is 4.54. The lowest BCUT2D eigenvalue weighted by Crippen LogP contribution is -2.32. The Kier molecular flexibility index (Phi) is 4.66. The molecule has 2 N–H and O–H groups in total. The molecule has 0 atom stereocenters. The summed E-state index contributed by atoms with van der Waals surface area (Å²) in [6.07, 6.45) is 2.64. The van der Waals surface area contributed by atoms with Gasteiger partial charge in [0, 0.05) is 18.8 Å². The maximum Gasteiger partial charge on any atom is 0.246 e. The predicted molar refractivity (Wildman–Crippen MR) is 84.9 cm³/mol. The second-order valence-electron chi connectivity index (χ2n) is 5.61. The standard InChI is InChI=1S/C14H20BrFN2O2S/c1-3-14(4-2)5-6-18(9-14)21(19,20)12-8-10(17)7-11(15)13(12)16/h7-8H,3-6,9,17H2,1-2H3. The van der Waals surface area contributed by atoms with Crippen molar-refractivity contribution < 1.29 is 12.8 Å². The molecule has 118 valence electrons. The van der Waals surface area contributed by atoms with Crippen molar-refractivity contribution in [2.75, 3.05) is 18.8 Å². The number of hydrogen-bond acceptors (Lipinski definition) is 3. The highest BCUT2D eigenvalue weighted by Gasteiger charge is 2.41.